The van der Waals surface area contributed by atoms with E-state index in [1.807, 2.05) is 36.4 Å². The van der Waals surface area contributed by atoms with Crippen molar-refractivity contribution in [3.05, 3.63) is 47.5 Å². The number of ether oxygens (including phenoxy) is 1. The average molecular weight is 715 g/mol. The Balaban J connectivity index is 1.11. The van der Waals surface area contributed by atoms with E-state index in [0.29, 0.717) is 45.2 Å². The van der Waals surface area contributed by atoms with Crippen molar-refractivity contribution < 1.29 is 37.1 Å². The van der Waals surface area contributed by atoms with Gasteiger partial charge in [-0.3, -0.25) is 19.1 Å². The van der Waals surface area contributed by atoms with Gasteiger partial charge in [-0.1, -0.05) is 49.3 Å². The van der Waals surface area contributed by atoms with Gasteiger partial charge in [-0.2, -0.15) is 0 Å². The zero-order chi connectivity index (χ0) is 36.2. The molecule has 2 saturated carbocycles. The summed E-state index contributed by atoms with van der Waals surface area (Å²) in [6, 6.07) is 5.12. The van der Waals surface area contributed by atoms with Crippen molar-refractivity contribution in [1.82, 2.24) is 25.2 Å². The first-order valence-corrected chi connectivity index (χ1v) is 19.1. The number of likely N-dealkylation sites (tertiary alicyclic amines) is 1. The topological polar surface area (TPSA) is 197 Å². The van der Waals surface area contributed by atoms with Crippen LogP contribution in [-0.4, -0.2) is 83.6 Å². The number of nitrogens with one attached hydrogen (secondary N) is 3. The second-order valence-corrected chi connectivity index (χ2v) is 16.9. The summed E-state index contributed by atoms with van der Waals surface area (Å²) >= 11 is 0. The number of urea groups is 1. The number of fused-ring (bicyclic) bond motifs is 1. The van der Waals surface area contributed by atoms with E-state index in [1.165, 1.54) is 4.90 Å². The lowest BCUT2D eigenvalue weighted by molar-refractivity contribution is -0.139. The number of hydrogen-bond donors (Lipinski definition) is 4. The number of nitrogens with zero attached hydrogens (tertiary/aromatic N) is 2. The summed E-state index contributed by atoms with van der Waals surface area (Å²) in [5, 5.41) is 5.22. The molecular formula is C35H50N6O8S. The molecule has 1 aromatic carbocycles. The normalized spacial score (nSPS) is 23.7. The van der Waals surface area contributed by atoms with Crippen molar-refractivity contribution in [2.75, 3.05) is 6.54 Å². The average Bonchev–Trinajstić information content (AvgIpc) is 3.95. The van der Waals surface area contributed by atoms with Gasteiger partial charge in [-0.15, -0.1) is 0 Å². The summed E-state index contributed by atoms with van der Waals surface area (Å²) in [5.41, 5.74) is 7.09. The third kappa shape index (κ3) is 9.98. The van der Waals surface area contributed by atoms with E-state index in [0.717, 1.165) is 30.4 Å². The number of primary amides is 1. The molecule has 15 heteroatoms. The van der Waals surface area contributed by atoms with Gasteiger partial charge >= 0.3 is 12.1 Å². The number of amides is 6. The maximum absolute atomic E-state index is 13.9. The Bertz CT molecular complexity index is 1580. The van der Waals surface area contributed by atoms with Gasteiger partial charge in [-0.25, -0.2) is 18.0 Å². The molecule has 5 N–H and O–H groups in total. The summed E-state index contributed by atoms with van der Waals surface area (Å²) in [5.74, 6) is -1.87. The molecule has 0 aromatic heterocycles. The van der Waals surface area contributed by atoms with Crippen molar-refractivity contribution in [3.8, 4) is 0 Å². The Hall–Kier alpha value is -4.14. The standard InChI is InChI=1S/C35H50N6O8S/c1-35(2,3)49-34(46)38-28(14-8-6-4-5-7-11-22-17-27(22)31(43)39-50(47,48)26-15-16-26)32(44)41-21-25(18-29(41)30(36)42)37-33(45)40-19-23-12-9-10-13-24(23)20-40/h7,9-13,22,25-29H,4-6,8,14-21H2,1-3H3,(H2,36,42)(H,37,45)(H,38,46)(H,39,43)/b11-7-/t22-,25-,27+,28+,29+/m1/s1. The van der Waals surface area contributed by atoms with Crippen molar-refractivity contribution in [3.63, 3.8) is 0 Å². The van der Waals surface area contributed by atoms with E-state index in [-0.39, 0.29) is 30.8 Å². The second-order valence-electron chi connectivity index (χ2n) is 14.9. The third-order valence-corrected chi connectivity index (χ3v) is 11.3. The molecule has 0 bridgehead atoms. The number of alkyl carbamates (subject to hydrolysis) is 1. The van der Waals surface area contributed by atoms with Gasteiger partial charge in [0.25, 0.3) is 0 Å². The number of unbranched alkanes of at least 4 members (excludes halogenated alkanes) is 3. The summed E-state index contributed by atoms with van der Waals surface area (Å²) in [4.78, 5) is 67.6. The Kier molecular flexibility index (Phi) is 11.4. The maximum Gasteiger partial charge on any atom is 0.408 e. The SMILES string of the molecule is CC(C)(C)OC(=O)N[C@@H](CCCCC/C=C\[C@@H]1C[C@@H]1C(=O)NS(=O)(=O)C1CC1)C(=O)N1C[C@H](NC(=O)N2Cc3ccccc3C2)C[C@H]1C(N)=O. The molecule has 5 atom stereocenters. The van der Waals surface area contributed by atoms with E-state index >= 15 is 0 Å². The van der Waals surface area contributed by atoms with Crippen LogP contribution >= 0.6 is 0 Å². The van der Waals surface area contributed by atoms with Crippen LogP contribution in [0.2, 0.25) is 0 Å². The minimum atomic E-state index is -3.54. The van der Waals surface area contributed by atoms with Crippen LogP contribution in [0, 0.1) is 11.8 Å². The van der Waals surface area contributed by atoms with Crippen LogP contribution in [-0.2, 0) is 42.2 Å². The van der Waals surface area contributed by atoms with Crippen molar-refractivity contribution in [2.24, 2.45) is 17.6 Å². The molecule has 274 valence electrons. The van der Waals surface area contributed by atoms with Gasteiger partial charge in [0.05, 0.1) is 11.3 Å². The first kappa shape index (κ1) is 37.1. The number of hydrogen-bond acceptors (Lipinski definition) is 8. The second kappa shape index (κ2) is 15.4. The minimum Gasteiger partial charge on any atom is -0.444 e. The zero-order valence-corrected chi connectivity index (χ0v) is 29.9. The predicted molar refractivity (Wildman–Crippen MR) is 184 cm³/mol. The van der Waals surface area contributed by atoms with Crippen LogP contribution in [0.3, 0.4) is 0 Å². The molecule has 1 saturated heterocycles. The van der Waals surface area contributed by atoms with Gasteiger partial charge in [-0.05, 0) is 82.8 Å². The predicted octanol–water partition coefficient (Wildman–Crippen LogP) is 2.81. The molecule has 50 heavy (non-hydrogen) atoms. The van der Waals surface area contributed by atoms with Crippen LogP contribution in [0.1, 0.15) is 89.7 Å². The molecular weight excluding hydrogens is 664 g/mol. The summed E-state index contributed by atoms with van der Waals surface area (Å²) < 4.78 is 31.7. The number of rotatable bonds is 14. The van der Waals surface area contributed by atoms with E-state index in [2.05, 4.69) is 15.4 Å². The molecule has 1 aromatic rings. The maximum atomic E-state index is 13.9. The van der Waals surface area contributed by atoms with Crippen LogP contribution in [0.15, 0.2) is 36.4 Å². The smallest absolute Gasteiger partial charge is 0.408 e. The monoisotopic (exact) mass is 714 g/mol. The van der Waals surface area contributed by atoms with Crippen LogP contribution in [0.25, 0.3) is 0 Å². The molecule has 14 nitrogen and oxygen atoms in total. The summed E-state index contributed by atoms with van der Waals surface area (Å²) in [7, 11) is -3.54. The van der Waals surface area contributed by atoms with Crippen LogP contribution in [0.5, 0.6) is 0 Å². The Morgan fingerprint density at radius 3 is 2.32 bits per heavy atom. The molecule has 5 rings (SSSR count). The molecule has 4 aliphatic rings. The number of nitrogens with two attached hydrogens (primary N) is 1. The molecule has 0 unspecified atom stereocenters. The molecule has 2 aliphatic heterocycles. The number of carbonyl (C=O) groups excluding carboxylic acids is 5. The number of benzene rings is 1. The first-order chi connectivity index (χ1) is 23.6. The largest absolute Gasteiger partial charge is 0.444 e. The Labute approximate surface area is 293 Å². The van der Waals surface area contributed by atoms with Crippen molar-refractivity contribution in [2.45, 2.75) is 121 Å². The number of sulfonamides is 1. The lowest BCUT2D eigenvalue weighted by Gasteiger charge is -2.29. The highest BCUT2D eigenvalue weighted by atomic mass is 32.2. The Morgan fingerprint density at radius 1 is 1.02 bits per heavy atom. The molecule has 2 aliphatic carbocycles. The van der Waals surface area contributed by atoms with Crippen molar-refractivity contribution >= 4 is 39.9 Å². The van der Waals surface area contributed by atoms with Gasteiger partial charge in [0.1, 0.15) is 17.7 Å². The molecule has 0 spiro atoms. The lowest BCUT2D eigenvalue weighted by Crippen LogP contribution is -2.53. The fourth-order valence-electron chi connectivity index (χ4n) is 6.57. The summed E-state index contributed by atoms with van der Waals surface area (Å²) in [6.07, 6.45) is 8.37. The number of allylic oxidation sites excluding steroid dienone is 2. The molecule has 3 fully saturated rings. The van der Waals surface area contributed by atoms with E-state index < -0.39 is 62.8 Å². The van der Waals surface area contributed by atoms with Crippen LogP contribution in [0.4, 0.5) is 9.59 Å². The van der Waals surface area contributed by atoms with Crippen LogP contribution < -0.4 is 21.1 Å². The summed E-state index contributed by atoms with van der Waals surface area (Å²) in [6.45, 7) is 6.18. The zero-order valence-electron chi connectivity index (χ0n) is 29.1. The first-order valence-electron chi connectivity index (χ1n) is 17.5. The number of carbonyl (C=O) groups is 5. The van der Waals surface area contributed by atoms with Gasteiger partial charge in [0.15, 0.2) is 0 Å². The molecule has 0 radical (unpaired) electrons. The van der Waals surface area contributed by atoms with Crippen molar-refractivity contribution in [1.29, 1.82) is 0 Å². The highest BCUT2D eigenvalue weighted by Crippen LogP contribution is 2.40. The quantitative estimate of drug-likeness (QED) is 0.167. The molecule has 2 heterocycles. The lowest BCUT2D eigenvalue weighted by atomic mass is 10.0. The van der Waals surface area contributed by atoms with E-state index in [9.17, 15) is 32.4 Å². The van der Waals surface area contributed by atoms with E-state index in [1.54, 1.807) is 25.7 Å². The molecule has 6 amide bonds. The highest BCUT2D eigenvalue weighted by molar-refractivity contribution is 7.90. The third-order valence-electron chi connectivity index (χ3n) is 9.49. The Morgan fingerprint density at radius 2 is 1.70 bits per heavy atom. The fraction of sp³-hybridized carbons (Fsp3) is 0.629. The van der Waals surface area contributed by atoms with Gasteiger partial charge in [0, 0.05) is 25.6 Å². The van der Waals surface area contributed by atoms with Gasteiger partial charge < -0.3 is 30.9 Å². The van der Waals surface area contributed by atoms with Gasteiger partial charge in [0.2, 0.25) is 27.7 Å². The minimum absolute atomic E-state index is 0.0309. The van der Waals surface area contributed by atoms with E-state index in [4.69, 9.17) is 10.5 Å². The highest BCUT2D eigenvalue weighted by Gasteiger charge is 2.45. The fourth-order valence-corrected chi connectivity index (χ4v) is 7.92.